The van der Waals surface area contributed by atoms with Crippen LogP contribution in [0.5, 0.6) is 5.75 Å². The number of ether oxygens (including phenoxy) is 1. The molecule has 0 spiro atoms. The van der Waals surface area contributed by atoms with E-state index >= 15 is 0 Å². The Kier molecular flexibility index (Phi) is 5.10. The first-order valence-corrected chi connectivity index (χ1v) is 8.26. The molecule has 2 aromatic carbocycles. The Morgan fingerprint density at radius 2 is 1.84 bits per heavy atom. The van der Waals surface area contributed by atoms with Gasteiger partial charge in [0.1, 0.15) is 11.4 Å². The van der Waals surface area contributed by atoms with Crippen LogP contribution in [0.15, 0.2) is 64.7 Å². The average molecular weight is 420 g/mol. The van der Waals surface area contributed by atoms with Crippen LogP contribution >= 0.6 is 28.7 Å². The Labute approximate surface area is 159 Å². The average Bonchev–Trinajstić information content (AvgIpc) is 3.16. The lowest BCUT2D eigenvalue weighted by atomic mass is 10.1. The van der Waals surface area contributed by atoms with E-state index in [2.05, 4.69) is 9.89 Å². The van der Waals surface area contributed by atoms with Crippen LogP contribution in [0, 0.1) is 10.1 Å². The third-order valence-electron chi connectivity index (χ3n) is 3.75. The van der Waals surface area contributed by atoms with Gasteiger partial charge < -0.3 is 9.64 Å². The van der Waals surface area contributed by atoms with E-state index < -0.39 is 4.92 Å². The maximum absolute atomic E-state index is 10.8. The number of nitrogens with zero attached hydrogens (tertiary/aromatic N) is 3. The number of benzene rings is 2. The molecule has 0 fully saturated rings. The zero-order chi connectivity index (χ0) is 16.5. The van der Waals surface area contributed by atoms with Crippen molar-refractivity contribution in [2.75, 3.05) is 13.1 Å². The van der Waals surface area contributed by atoms with E-state index in [1.165, 1.54) is 23.9 Å². The fraction of sp³-hybridized carbons (Fsp3) is 0.118. The fourth-order valence-corrected chi connectivity index (χ4v) is 3.72. The van der Waals surface area contributed by atoms with Gasteiger partial charge in [-0.2, -0.15) is 0 Å². The number of aliphatic imine (C=N–C) groups is 1. The smallest absolute Gasteiger partial charge is 0.269 e. The number of halogens is 1. The Bertz CT molecular complexity index is 853. The summed E-state index contributed by atoms with van der Waals surface area (Å²) in [5, 5.41) is 12.4. The van der Waals surface area contributed by atoms with Crippen LogP contribution in [0.2, 0.25) is 0 Å². The van der Waals surface area contributed by atoms with Gasteiger partial charge in [0, 0.05) is 24.2 Å². The molecule has 2 aliphatic heterocycles. The summed E-state index contributed by atoms with van der Waals surface area (Å²) in [6, 6.07) is 16.1. The van der Waals surface area contributed by atoms with Crippen molar-refractivity contribution in [3.8, 4) is 5.75 Å². The van der Waals surface area contributed by atoms with Crippen LogP contribution in [0.25, 0.3) is 5.70 Å². The van der Waals surface area contributed by atoms with Gasteiger partial charge in [0.15, 0.2) is 10.3 Å². The van der Waals surface area contributed by atoms with Gasteiger partial charge in [0.25, 0.3) is 5.69 Å². The number of amidine groups is 1. The van der Waals surface area contributed by atoms with Crippen LogP contribution in [0.3, 0.4) is 0 Å². The van der Waals surface area contributed by atoms with Crippen molar-refractivity contribution in [3.05, 3.63) is 75.4 Å². The standard InChI is InChI=1S/C17H13N3O3S.BrH/c21-20(22)13-6-8-14(9-7-13)23-16-15(12-4-2-1-3-5-12)19-11-10-18-17(19)24-16;/h1-9H,10-11H2;1H. The van der Waals surface area contributed by atoms with Crippen molar-refractivity contribution in [2.45, 2.75) is 0 Å². The van der Waals surface area contributed by atoms with Crippen molar-refractivity contribution in [1.29, 1.82) is 0 Å². The molecule has 0 saturated carbocycles. The number of hydrogen-bond acceptors (Lipinski definition) is 6. The number of non-ortho nitro benzene ring substituents is 1. The third kappa shape index (κ3) is 3.40. The molecule has 0 amide bonds. The van der Waals surface area contributed by atoms with Gasteiger partial charge in [-0.3, -0.25) is 15.1 Å². The van der Waals surface area contributed by atoms with Gasteiger partial charge in [0.2, 0.25) is 0 Å². The molecular formula is C17H14BrN3O3S. The normalized spacial score (nSPS) is 15.5. The maximum Gasteiger partial charge on any atom is 0.269 e. The summed E-state index contributed by atoms with van der Waals surface area (Å²) >= 11 is 1.49. The highest BCUT2D eigenvalue weighted by Crippen LogP contribution is 2.42. The van der Waals surface area contributed by atoms with Crippen molar-refractivity contribution >= 4 is 45.3 Å². The lowest BCUT2D eigenvalue weighted by Crippen LogP contribution is -2.20. The molecule has 4 rings (SSSR count). The molecule has 0 atom stereocenters. The Hall–Kier alpha value is -2.32. The zero-order valence-corrected chi connectivity index (χ0v) is 15.5. The quantitative estimate of drug-likeness (QED) is 0.545. The molecule has 0 unspecified atom stereocenters. The van der Waals surface area contributed by atoms with E-state index in [1.54, 1.807) is 12.1 Å². The SMILES string of the molecule is Br.O=[N+]([O-])c1ccc(OC2=C(c3ccccc3)N3CCN=C3S2)cc1. The predicted molar refractivity (Wildman–Crippen MR) is 104 cm³/mol. The molecule has 0 N–H and O–H groups in total. The molecule has 6 nitrogen and oxygen atoms in total. The number of thioether (sulfide) groups is 1. The highest BCUT2D eigenvalue weighted by atomic mass is 79.9. The Balaban J connectivity index is 0.00000182. The molecule has 0 aliphatic carbocycles. The first-order chi connectivity index (χ1) is 11.7. The van der Waals surface area contributed by atoms with E-state index in [1.807, 2.05) is 30.3 Å². The molecule has 8 heteroatoms. The summed E-state index contributed by atoms with van der Waals surface area (Å²) in [6.07, 6.45) is 0. The van der Waals surface area contributed by atoms with E-state index in [0.29, 0.717) is 5.75 Å². The summed E-state index contributed by atoms with van der Waals surface area (Å²) in [6.45, 7) is 1.61. The lowest BCUT2D eigenvalue weighted by Gasteiger charge is -2.16. The fourth-order valence-electron chi connectivity index (χ4n) is 2.64. The minimum Gasteiger partial charge on any atom is -0.448 e. The van der Waals surface area contributed by atoms with Gasteiger partial charge in [0.05, 0.1) is 11.5 Å². The summed E-state index contributed by atoms with van der Waals surface area (Å²) in [7, 11) is 0. The second kappa shape index (κ2) is 7.28. The lowest BCUT2D eigenvalue weighted by molar-refractivity contribution is -0.384. The highest BCUT2D eigenvalue weighted by molar-refractivity contribution is 8.93. The topological polar surface area (TPSA) is 68.0 Å². The first kappa shape index (κ1) is 17.5. The van der Waals surface area contributed by atoms with E-state index in [9.17, 15) is 10.1 Å². The van der Waals surface area contributed by atoms with Gasteiger partial charge in [-0.25, -0.2) is 0 Å². The third-order valence-corrected chi connectivity index (χ3v) is 4.75. The molecule has 2 heterocycles. The molecule has 0 bridgehead atoms. The Morgan fingerprint density at radius 3 is 2.52 bits per heavy atom. The first-order valence-electron chi connectivity index (χ1n) is 7.44. The predicted octanol–water partition coefficient (Wildman–Crippen LogP) is 4.30. The van der Waals surface area contributed by atoms with Crippen molar-refractivity contribution < 1.29 is 9.66 Å². The molecule has 2 aromatic rings. The van der Waals surface area contributed by atoms with Gasteiger partial charge in [-0.1, -0.05) is 30.3 Å². The van der Waals surface area contributed by atoms with E-state index in [0.717, 1.165) is 34.6 Å². The van der Waals surface area contributed by atoms with Gasteiger partial charge in [-0.15, -0.1) is 17.0 Å². The summed E-state index contributed by atoms with van der Waals surface area (Å²) in [5.41, 5.74) is 2.10. The largest absolute Gasteiger partial charge is 0.448 e. The number of nitro benzene ring substituents is 1. The molecule has 0 saturated heterocycles. The van der Waals surface area contributed by atoms with E-state index in [4.69, 9.17) is 4.74 Å². The number of fused-ring (bicyclic) bond motifs is 1. The molecule has 25 heavy (non-hydrogen) atoms. The highest BCUT2D eigenvalue weighted by Gasteiger charge is 2.34. The molecule has 0 radical (unpaired) electrons. The van der Waals surface area contributed by atoms with Gasteiger partial charge in [-0.05, 0) is 23.9 Å². The van der Waals surface area contributed by atoms with Crippen molar-refractivity contribution in [3.63, 3.8) is 0 Å². The number of hydrogen-bond donors (Lipinski definition) is 0. The van der Waals surface area contributed by atoms with Crippen LogP contribution in [-0.4, -0.2) is 28.1 Å². The van der Waals surface area contributed by atoms with Crippen LogP contribution in [-0.2, 0) is 0 Å². The second-order valence-corrected chi connectivity index (χ2v) is 6.21. The van der Waals surface area contributed by atoms with Crippen molar-refractivity contribution in [2.24, 2.45) is 4.99 Å². The minimum atomic E-state index is -0.423. The second-order valence-electron chi connectivity index (χ2n) is 5.27. The van der Waals surface area contributed by atoms with Crippen molar-refractivity contribution in [1.82, 2.24) is 4.90 Å². The summed E-state index contributed by atoms with van der Waals surface area (Å²) in [4.78, 5) is 17.0. The monoisotopic (exact) mass is 419 g/mol. The van der Waals surface area contributed by atoms with Gasteiger partial charge >= 0.3 is 0 Å². The maximum atomic E-state index is 10.8. The number of rotatable bonds is 4. The molecular weight excluding hydrogens is 406 g/mol. The molecule has 2 aliphatic rings. The number of nitro groups is 1. The van der Waals surface area contributed by atoms with Crippen LogP contribution < -0.4 is 4.74 Å². The molecule has 128 valence electrons. The van der Waals surface area contributed by atoms with Crippen LogP contribution in [0.4, 0.5) is 5.69 Å². The zero-order valence-electron chi connectivity index (χ0n) is 13.0. The van der Waals surface area contributed by atoms with E-state index in [-0.39, 0.29) is 22.7 Å². The van der Waals surface area contributed by atoms with Crippen LogP contribution in [0.1, 0.15) is 5.56 Å². The molecule has 0 aromatic heterocycles. The Morgan fingerprint density at radius 1 is 1.12 bits per heavy atom. The minimum absolute atomic E-state index is 0. The summed E-state index contributed by atoms with van der Waals surface area (Å²) in [5.74, 6) is 0.568. The summed E-state index contributed by atoms with van der Waals surface area (Å²) < 4.78 is 6.01.